The van der Waals surface area contributed by atoms with Gasteiger partial charge < -0.3 is 4.74 Å². The van der Waals surface area contributed by atoms with E-state index in [4.69, 9.17) is 10.00 Å². The topological polar surface area (TPSA) is 36.3 Å². The molecule has 0 aliphatic heterocycles. The van der Waals surface area contributed by atoms with Crippen LogP contribution in [-0.4, -0.2) is 18.1 Å². The van der Waals surface area contributed by atoms with Crippen molar-refractivity contribution in [3.8, 4) is 11.8 Å². The number of thiophene rings is 1. The normalized spacial score (nSPS) is 14.1. The number of benzene rings is 1. The first-order valence-corrected chi connectivity index (χ1v) is 8.01. The monoisotopic (exact) mass is 298 g/mol. The van der Waals surface area contributed by atoms with Gasteiger partial charge in [0, 0.05) is 29.6 Å². The number of nitrogens with zero attached hydrogens (tertiary/aromatic N) is 2. The van der Waals surface area contributed by atoms with Crippen molar-refractivity contribution in [3.05, 3.63) is 51.7 Å². The van der Waals surface area contributed by atoms with Gasteiger partial charge in [-0.2, -0.15) is 5.26 Å². The molecule has 21 heavy (non-hydrogen) atoms. The molecule has 0 radical (unpaired) electrons. The minimum Gasteiger partial charge on any atom is -0.496 e. The fraction of sp³-hybridized carbons (Fsp3) is 0.353. The summed E-state index contributed by atoms with van der Waals surface area (Å²) in [5.74, 6) is 0.867. The second kappa shape index (κ2) is 6.30. The minimum absolute atomic E-state index is 0.669. The quantitative estimate of drug-likeness (QED) is 0.814. The summed E-state index contributed by atoms with van der Waals surface area (Å²) < 4.78 is 5.45. The Morgan fingerprint density at radius 2 is 2.19 bits per heavy atom. The van der Waals surface area contributed by atoms with Crippen LogP contribution >= 0.6 is 11.3 Å². The van der Waals surface area contributed by atoms with Crippen molar-refractivity contribution >= 4 is 11.3 Å². The molecular formula is C17H18N2OS. The van der Waals surface area contributed by atoms with Gasteiger partial charge in [-0.05, 0) is 42.5 Å². The summed E-state index contributed by atoms with van der Waals surface area (Å²) in [6, 6.07) is 12.8. The molecule has 0 amide bonds. The molecule has 3 rings (SSSR count). The van der Waals surface area contributed by atoms with Crippen molar-refractivity contribution in [1.29, 1.82) is 5.26 Å². The number of ether oxygens (including phenoxy) is 1. The lowest BCUT2D eigenvalue weighted by atomic mass is 10.1. The van der Waals surface area contributed by atoms with Gasteiger partial charge in [0.2, 0.25) is 0 Å². The van der Waals surface area contributed by atoms with Gasteiger partial charge in [-0.25, -0.2) is 0 Å². The molecule has 0 spiro atoms. The molecule has 1 aromatic carbocycles. The summed E-state index contributed by atoms with van der Waals surface area (Å²) in [5.41, 5.74) is 1.79. The fourth-order valence-electron chi connectivity index (χ4n) is 2.55. The molecule has 4 heteroatoms. The zero-order valence-corrected chi connectivity index (χ0v) is 12.9. The molecule has 1 saturated carbocycles. The highest BCUT2D eigenvalue weighted by Gasteiger charge is 2.29. The summed E-state index contributed by atoms with van der Waals surface area (Å²) in [5, 5.41) is 11.2. The summed E-state index contributed by atoms with van der Waals surface area (Å²) >= 11 is 1.80. The van der Waals surface area contributed by atoms with Gasteiger partial charge in [0.25, 0.3) is 0 Å². The molecule has 1 aliphatic carbocycles. The molecule has 0 N–H and O–H groups in total. The molecule has 1 heterocycles. The van der Waals surface area contributed by atoms with E-state index >= 15 is 0 Å². The first-order chi connectivity index (χ1) is 10.3. The van der Waals surface area contributed by atoms with Crippen LogP contribution in [-0.2, 0) is 13.1 Å². The van der Waals surface area contributed by atoms with Gasteiger partial charge in [-0.15, -0.1) is 11.3 Å². The lowest BCUT2D eigenvalue weighted by Crippen LogP contribution is -2.25. The Morgan fingerprint density at radius 3 is 2.81 bits per heavy atom. The first kappa shape index (κ1) is 14.1. The third-order valence-corrected chi connectivity index (χ3v) is 4.65. The molecular weight excluding hydrogens is 280 g/mol. The SMILES string of the molecule is COc1ccc(C#N)cc1CN(Cc1cccs1)C1CC1. The summed E-state index contributed by atoms with van der Waals surface area (Å²) in [4.78, 5) is 3.88. The lowest BCUT2D eigenvalue weighted by Gasteiger charge is -2.22. The van der Waals surface area contributed by atoms with Gasteiger partial charge in [0.15, 0.2) is 0 Å². The van der Waals surface area contributed by atoms with Gasteiger partial charge in [-0.1, -0.05) is 6.07 Å². The molecule has 3 nitrogen and oxygen atoms in total. The summed E-state index contributed by atoms with van der Waals surface area (Å²) in [6.45, 7) is 1.81. The maximum Gasteiger partial charge on any atom is 0.123 e. The Balaban J connectivity index is 1.80. The molecule has 2 aromatic rings. The Hall–Kier alpha value is -1.83. The number of methoxy groups -OCH3 is 1. The van der Waals surface area contributed by atoms with E-state index in [0.717, 1.165) is 24.4 Å². The van der Waals surface area contributed by atoms with E-state index in [0.29, 0.717) is 11.6 Å². The Kier molecular flexibility index (Phi) is 4.23. The van der Waals surface area contributed by atoms with Gasteiger partial charge in [-0.3, -0.25) is 4.90 Å². The molecule has 108 valence electrons. The highest BCUT2D eigenvalue weighted by Crippen LogP contribution is 2.32. The van der Waals surface area contributed by atoms with Crippen LogP contribution in [0, 0.1) is 11.3 Å². The average molecular weight is 298 g/mol. The zero-order chi connectivity index (χ0) is 14.7. The van der Waals surface area contributed by atoms with Crippen molar-refractivity contribution in [2.24, 2.45) is 0 Å². The zero-order valence-electron chi connectivity index (χ0n) is 12.1. The second-order valence-electron chi connectivity index (χ2n) is 5.35. The van der Waals surface area contributed by atoms with Crippen LogP contribution in [0.3, 0.4) is 0 Å². The molecule has 0 atom stereocenters. The molecule has 0 bridgehead atoms. The third kappa shape index (κ3) is 3.44. The highest BCUT2D eigenvalue weighted by molar-refractivity contribution is 7.09. The summed E-state index contributed by atoms with van der Waals surface area (Å²) in [7, 11) is 1.69. The van der Waals surface area contributed by atoms with Crippen molar-refractivity contribution < 1.29 is 4.74 Å². The largest absolute Gasteiger partial charge is 0.496 e. The molecule has 1 aliphatic rings. The molecule has 0 unspecified atom stereocenters. The van der Waals surface area contributed by atoms with E-state index in [9.17, 15) is 0 Å². The average Bonchev–Trinajstić information content (AvgIpc) is 3.24. The molecule has 0 saturated heterocycles. The number of hydrogen-bond acceptors (Lipinski definition) is 4. The minimum atomic E-state index is 0.669. The van der Waals surface area contributed by atoms with Crippen LogP contribution in [0.5, 0.6) is 5.75 Å². The molecule has 1 aromatic heterocycles. The van der Waals surface area contributed by atoms with E-state index in [2.05, 4.69) is 28.5 Å². The Labute approximate surface area is 129 Å². The van der Waals surface area contributed by atoms with E-state index in [1.165, 1.54) is 17.7 Å². The van der Waals surface area contributed by atoms with Crippen LogP contribution in [0.25, 0.3) is 0 Å². The Bertz CT molecular complexity index is 641. The van der Waals surface area contributed by atoms with Crippen LogP contribution in [0.2, 0.25) is 0 Å². The van der Waals surface area contributed by atoms with Crippen molar-refractivity contribution in [2.45, 2.75) is 32.0 Å². The van der Waals surface area contributed by atoms with E-state index in [1.54, 1.807) is 18.4 Å². The van der Waals surface area contributed by atoms with E-state index in [1.807, 2.05) is 18.2 Å². The van der Waals surface area contributed by atoms with Crippen LogP contribution < -0.4 is 4.74 Å². The van der Waals surface area contributed by atoms with E-state index in [-0.39, 0.29) is 0 Å². The number of hydrogen-bond donors (Lipinski definition) is 0. The smallest absolute Gasteiger partial charge is 0.123 e. The summed E-state index contributed by atoms with van der Waals surface area (Å²) in [6.07, 6.45) is 2.54. The number of rotatable bonds is 6. The first-order valence-electron chi connectivity index (χ1n) is 7.13. The van der Waals surface area contributed by atoms with Crippen LogP contribution in [0.1, 0.15) is 28.8 Å². The van der Waals surface area contributed by atoms with Crippen LogP contribution in [0.15, 0.2) is 35.7 Å². The van der Waals surface area contributed by atoms with Gasteiger partial charge in [0.1, 0.15) is 5.75 Å². The highest BCUT2D eigenvalue weighted by atomic mass is 32.1. The van der Waals surface area contributed by atoms with Gasteiger partial charge >= 0.3 is 0 Å². The van der Waals surface area contributed by atoms with Crippen molar-refractivity contribution in [2.75, 3.05) is 7.11 Å². The predicted molar refractivity (Wildman–Crippen MR) is 84.3 cm³/mol. The van der Waals surface area contributed by atoms with Crippen LogP contribution in [0.4, 0.5) is 0 Å². The molecule has 1 fully saturated rings. The lowest BCUT2D eigenvalue weighted by molar-refractivity contribution is 0.244. The maximum atomic E-state index is 9.09. The standard InChI is InChI=1S/C17H18N2OS/c1-20-17-7-4-13(10-18)9-14(17)11-19(15-5-6-15)12-16-3-2-8-21-16/h2-4,7-9,15H,5-6,11-12H2,1H3. The Morgan fingerprint density at radius 1 is 1.33 bits per heavy atom. The van der Waals surface area contributed by atoms with Gasteiger partial charge in [0.05, 0.1) is 18.7 Å². The predicted octanol–water partition coefficient (Wildman–Crippen LogP) is 3.79. The maximum absolute atomic E-state index is 9.09. The third-order valence-electron chi connectivity index (χ3n) is 3.79. The number of nitriles is 1. The van der Waals surface area contributed by atoms with E-state index < -0.39 is 0 Å². The fourth-order valence-corrected chi connectivity index (χ4v) is 3.28. The van der Waals surface area contributed by atoms with Crippen molar-refractivity contribution in [1.82, 2.24) is 4.90 Å². The second-order valence-corrected chi connectivity index (χ2v) is 6.39. The van der Waals surface area contributed by atoms with Crippen molar-refractivity contribution in [3.63, 3.8) is 0 Å².